The van der Waals surface area contributed by atoms with E-state index in [0.29, 0.717) is 12.5 Å². The Morgan fingerprint density at radius 3 is 2.85 bits per heavy atom. The van der Waals surface area contributed by atoms with Crippen LogP contribution in [-0.2, 0) is 11.3 Å². The fourth-order valence-corrected chi connectivity index (χ4v) is 1.82. The molecule has 0 fully saturated rings. The summed E-state index contributed by atoms with van der Waals surface area (Å²) in [5, 5.41) is 3.01. The van der Waals surface area contributed by atoms with E-state index in [0.717, 1.165) is 10.7 Å². The molecule has 4 heteroatoms. The van der Waals surface area contributed by atoms with Crippen molar-refractivity contribution in [1.82, 2.24) is 4.98 Å². The van der Waals surface area contributed by atoms with Crippen molar-refractivity contribution in [2.45, 2.75) is 26.5 Å². The SMILES string of the molecule is COCc1nc(C(N)C(C)C)cs1. The fourth-order valence-electron chi connectivity index (χ4n) is 1.01. The van der Waals surface area contributed by atoms with Gasteiger partial charge in [0, 0.05) is 12.5 Å². The van der Waals surface area contributed by atoms with Gasteiger partial charge in [-0.2, -0.15) is 0 Å². The zero-order valence-electron chi connectivity index (χ0n) is 8.28. The number of rotatable bonds is 4. The van der Waals surface area contributed by atoms with Crippen LogP contribution in [0.4, 0.5) is 0 Å². The standard InChI is InChI=1S/C9H16N2OS/c1-6(2)9(10)7-5-13-8(11-7)4-12-3/h5-6,9H,4,10H2,1-3H3. The quantitative estimate of drug-likeness (QED) is 0.808. The first kappa shape index (κ1) is 10.6. The van der Waals surface area contributed by atoms with Gasteiger partial charge in [0.2, 0.25) is 0 Å². The van der Waals surface area contributed by atoms with Gasteiger partial charge in [-0.15, -0.1) is 11.3 Å². The molecule has 74 valence electrons. The summed E-state index contributed by atoms with van der Waals surface area (Å²) in [6.07, 6.45) is 0. The molecule has 1 aromatic heterocycles. The van der Waals surface area contributed by atoms with E-state index in [4.69, 9.17) is 10.5 Å². The van der Waals surface area contributed by atoms with Crippen LogP contribution >= 0.6 is 11.3 Å². The molecule has 1 heterocycles. The number of ether oxygens (including phenoxy) is 1. The van der Waals surface area contributed by atoms with Gasteiger partial charge in [0.05, 0.1) is 18.3 Å². The molecule has 0 aliphatic heterocycles. The Kier molecular flexibility index (Phi) is 3.84. The molecule has 1 atom stereocenters. The van der Waals surface area contributed by atoms with Gasteiger partial charge < -0.3 is 10.5 Å². The summed E-state index contributed by atoms with van der Waals surface area (Å²) in [6.45, 7) is 4.77. The van der Waals surface area contributed by atoms with Crippen LogP contribution in [0.2, 0.25) is 0 Å². The number of aromatic nitrogens is 1. The van der Waals surface area contributed by atoms with Crippen LogP contribution in [0.3, 0.4) is 0 Å². The monoisotopic (exact) mass is 200 g/mol. The topological polar surface area (TPSA) is 48.1 Å². The second-order valence-electron chi connectivity index (χ2n) is 3.37. The lowest BCUT2D eigenvalue weighted by Crippen LogP contribution is -2.17. The average molecular weight is 200 g/mol. The van der Waals surface area contributed by atoms with Crippen molar-refractivity contribution in [3.63, 3.8) is 0 Å². The summed E-state index contributed by atoms with van der Waals surface area (Å²) in [6, 6.07) is 0.0434. The summed E-state index contributed by atoms with van der Waals surface area (Å²) < 4.78 is 4.99. The van der Waals surface area contributed by atoms with Crippen LogP contribution in [0.25, 0.3) is 0 Å². The molecule has 1 rings (SSSR count). The predicted molar refractivity (Wildman–Crippen MR) is 54.6 cm³/mol. The molecule has 1 aromatic rings. The minimum atomic E-state index is 0.0434. The highest BCUT2D eigenvalue weighted by molar-refractivity contribution is 7.09. The molecule has 0 saturated carbocycles. The molecule has 0 bridgehead atoms. The highest BCUT2D eigenvalue weighted by Crippen LogP contribution is 2.21. The maximum Gasteiger partial charge on any atom is 0.119 e. The normalized spacial score (nSPS) is 13.6. The van der Waals surface area contributed by atoms with E-state index in [2.05, 4.69) is 18.8 Å². The molecule has 0 spiro atoms. The summed E-state index contributed by atoms with van der Waals surface area (Å²) >= 11 is 1.60. The van der Waals surface area contributed by atoms with E-state index >= 15 is 0 Å². The Morgan fingerprint density at radius 1 is 1.62 bits per heavy atom. The molecule has 1 unspecified atom stereocenters. The van der Waals surface area contributed by atoms with E-state index in [1.165, 1.54) is 0 Å². The van der Waals surface area contributed by atoms with E-state index in [9.17, 15) is 0 Å². The van der Waals surface area contributed by atoms with Crippen LogP contribution in [0.1, 0.15) is 30.6 Å². The number of thiazole rings is 1. The lowest BCUT2D eigenvalue weighted by atomic mass is 10.0. The van der Waals surface area contributed by atoms with Gasteiger partial charge in [0.15, 0.2) is 0 Å². The Hall–Kier alpha value is -0.450. The maximum absolute atomic E-state index is 5.95. The van der Waals surface area contributed by atoms with Crippen molar-refractivity contribution in [1.29, 1.82) is 0 Å². The minimum absolute atomic E-state index is 0.0434. The number of nitrogens with zero attached hydrogens (tertiary/aromatic N) is 1. The Balaban J connectivity index is 2.67. The van der Waals surface area contributed by atoms with Crippen LogP contribution < -0.4 is 5.73 Å². The molecule has 0 aromatic carbocycles. The van der Waals surface area contributed by atoms with Crippen LogP contribution in [0.5, 0.6) is 0 Å². The molecule has 3 nitrogen and oxygen atoms in total. The molecular weight excluding hydrogens is 184 g/mol. The Labute approximate surface area is 82.9 Å². The van der Waals surface area contributed by atoms with Gasteiger partial charge in [0.25, 0.3) is 0 Å². The molecule has 0 radical (unpaired) electrons. The molecule has 0 amide bonds. The highest BCUT2D eigenvalue weighted by atomic mass is 32.1. The number of hydrogen-bond acceptors (Lipinski definition) is 4. The smallest absolute Gasteiger partial charge is 0.119 e. The zero-order chi connectivity index (χ0) is 9.84. The summed E-state index contributed by atoms with van der Waals surface area (Å²) in [5.41, 5.74) is 6.93. The molecular formula is C9H16N2OS. The van der Waals surface area contributed by atoms with Crippen molar-refractivity contribution in [2.24, 2.45) is 11.7 Å². The van der Waals surface area contributed by atoms with Gasteiger partial charge in [-0.1, -0.05) is 13.8 Å². The van der Waals surface area contributed by atoms with Crippen molar-refractivity contribution in [2.75, 3.05) is 7.11 Å². The number of hydrogen-bond donors (Lipinski definition) is 1. The second kappa shape index (κ2) is 4.69. The van der Waals surface area contributed by atoms with Crippen LogP contribution in [0, 0.1) is 5.92 Å². The first-order chi connectivity index (χ1) is 6.15. The van der Waals surface area contributed by atoms with Gasteiger partial charge in [-0.3, -0.25) is 0 Å². The van der Waals surface area contributed by atoms with Crippen molar-refractivity contribution < 1.29 is 4.74 Å². The Bertz CT molecular complexity index is 260. The number of methoxy groups -OCH3 is 1. The maximum atomic E-state index is 5.95. The summed E-state index contributed by atoms with van der Waals surface area (Å²) in [4.78, 5) is 4.39. The van der Waals surface area contributed by atoms with E-state index in [-0.39, 0.29) is 6.04 Å². The van der Waals surface area contributed by atoms with E-state index in [1.54, 1.807) is 18.4 Å². The molecule has 0 aliphatic rings. The third-order valence-electron chi connectivity index (χ3n) is 1.90. The van der Waals surface area contributed by atoms with Gasteiger partial charge in [-0.05, 0) is 5.92 Å². The molecule has 13 heavy (non-hydrogen) atoms. The molecule has 0 aliphatic carbocycles. The van der Waals surface area contributed by atoms with Crippen molar-refractivity contribution >= 4 is 11.3 Å². The minimum Gasteiger partial charge on any atom is -0.378 e. The van der Waals surface area contributed by atoms with Gasteiger partial charge in [-0.25, -0.2) is 4.98 Å². The van der Waals surface area contributed by atoms with Crippen LogP contribution in [0.15, 0.2) is 5.38 Å². The van der Waals surface area contributed by atoms with E-state index < -0.39 is 0 Å². The second-order valence-corrected chi connectivity index (χ2v) is 4.31. The lowest BCUT2D eigenvalue weighted by molar-refractivity contribution is 0.184. The first-order valence-electron chi connectivity index (χ1n) is 4.34. The molecule has 0 saturated heterocycles. The van der Waals surface area contributed by atoms with Gasteiger partial charge in [0.1, 0.15) is 5.01 Å². The Morgan fingerprint density at radius 2 is 2.31 bits per heavy atom. The summed E-state index contributed by atoms with van der Waals surface area (Å²) in [5.74, 6) is 0.428. The summed E-state index contributed by atoms with van der Waals surface area (Å²) in [7, 11) is 1.67. The average Bonchev–Trinajstić information content (AvgIpc) is 2.52. The fraction of sp³-hybridized carbons (Fsp3) is 0.667. The van der Waals surface area contributed by atoms with Gasteiger partial charge >= 0.3 is 0 Å². The lowest BCUT2D eigenvalue weighted by Gasteiger charge is -2.11. The number of nitrogens with two attached hydrogens (primary N) is 1. The van der Waals surface area contributed by atoms with Crippen molar-refractivity contribution in [3.8, 4) is 0 Å². The third kappa shape index (κ3) is 2.76. The van der Waals surface area contributed by atoms with Crippen molar-refractivity contribution in [3.05, 3.63) is 16.1 Å². The third-order valence-corrected chi connectivity index (χ3v) is 2.74. The highest BCUT2D eigenvalue weighted by Gasteiger charge is 2.13. The zero-order valence-corrected chi connectivity index (χ0v) is 9.10. The molecule has 2 N–H and O–H groups in total. The first-order valence-corrected chi connectivity index (χ1v) is 5.22. The predicted octanol–water partition coefficient (Wildman–Crippen LogP) is 1.95. The largest absolute Gasteiger partial charge is 0.378 e. The van der Waals surface area contributed by atoms with Crippen LogP contribution in [-0.4, -0.2) is 12.1 Å². The van der Waals surface area contributed by atoms with E-state index in [1.807, 2.05) is 5.38 Å².